The van der Waals surface area contributed by atoms with Gasteiger partial charge in [0.25, 0.3) is 0 Å². The molecule has 0 bridgehead atoms. The van der Waals surface area contributed by atoms with Gasteiger partial charge in [-0.1, -0.05) is 30.3 Å². The van der Waals surface area contributed by atoms with E-state index in [2.05, 4.69) is 16.3 Å². The molecule has 7 nitrogen and oxygen atoms in total. The fourth-order valence-electron chi connectivity index (χ4n) is 2.86. The van der Waals surface area contributed by atoms with Gasteiger partial charge >= 0.3 is 0 Å². The van der Waals surface area contributed by atoms with Crippen molar-refractivity contribution in [3.8, 4) is 11.8 Å². The molecule has 0 aliphatic heterocycles. The van der Waals surface area contributed by atoms with Gasteiger partial charge in [0.15, 0.2) is 0 Å². The molecule has 0 fully saturated rings. The number of carbonyl (C=O) groups is 2. The molecule has 0 saturated heterocycles. The molecule has 31 heavy (non-hydrogen) atoms. The van der Waals surface area contributed by atoms with Crippen molar-refractivity contribution in [1.82, 2.24) is 10.2 Å². The maximum Gasteiger partial charge on any atom is 0.227 e. The number of nitriles is 1. The van der Waals surface area contributed by atoms with Gasteiger partial charge in [-0.3, -0.25) is 9.59 Å². The van der Waals surface area contributed by atoms with Crippen LogP contribution in [0.15, 0.2) is 54.6 Å². The van der Waals surface area contributed by atoms with Crippen LogP contribution >= 0.6 is 0 Å². The van der Waals surface area contributed by atoms with Crippen LogP contribution in [0.3, 0.4) is 0 Å². The van der Waals surface area contributed by atoms with E-state index in [1.807, 2.05) is 68.7 Å². The highest BCUT2D eigenvalue weighted by molar-refractivity contribution is 5.95. The highest BCUT2D eigenvalue weighted by Crippen LogP contribution is 2.16. The van der Waals surface area contributed by atoms with Gasteiger partial charge in [0, 0.05) is 38.2 Å². The van der Waals surface area contributed by atoms with Gasteiger partial charge in [-0.2, -0.15) is 5.26 Å². The lowest BCUT2D eigenvalue weighted by atomic mass is 10.2. The Hall–Kier alpha value is -3.37. The summed E-state index contributed by atoms with van der Waals surface area (Å²) < 4.78 is 5.66. The average molecular weight is 423 g/mol. The first-order chi connectivity index (χ1) is 15.0. The minimum atomic E-state index is -0.187. The maximum absolute atomic E-state index is 12.6. The summed E-state index contributed by atoms with van der Waals surface area (Å²) in [6.45, 7) is 2.16. The van der Waals surface area contributed by atoms with Crippen LogP contribution < -0.4 is 15.0 Å². The van der Waals surface area contributed by atoms with Gasteiger partial charge in [0.05, 0.1) is 12.5 Å². The highest BCUT2D eigenvalue weighted by Gasteiger charge is 2.16. The van der Waals surface area contributed by atoms with Crippen molar-refractivity contribution in [3.63, 3.8) is 0 Å². The summed E-state index contributed by atoms with van der Waals surface area (Å²) in [6, 6.07) is 18.8. The number of amides is 2. The molecule has 2 rings (SSSR count). The predicted octanol–water partition coefficient (Wildman–Crippen LogP) is 2.97. The molecule has 0 saturated carbocycles. The molecule has 0 radical (unpaired) electrons. The van der Waals surface area contributed by atoms with Crippen LogP contribution in [0.1, 0.15) is 24.8 Å². The van der Waals surface area contributed by atoms with Gasteiger partial charge < -0.3 is 19.9 Å². The highest BCUT2D eigenvalue weighted by atomic mass is 16.5. The first-order valence-corrected chi connectivity index (χ1v) is 10.3. The van der Waals surface area contributed by atoms with Crippen molar-refractivity contribution < 1.29 is 14.3 Å². The second kappa shape index (κ2) is 13.0. The van der Waals surface area contributed by atoms with E-state index < -0.39 is 0 Å². The molecule has 7 heteroatoms. The monoisotopic (exact) mass is 422 g/mol. The summed E-state index contributed by atoms with van der Waals surface area (Å²) >= 11 is 0. The lowest BCUT2D eigenvalue weighted by Crippen LogP contribution is -2.33. The second-order valence-electron chi connectivity index (χ2n) is 7.36. The molecule has 2 aromatic rings. The second-order valence-corrected chi connectivity index (χ2v) is 7.36. The van der Waals surface area contributed by atoms with E-state index in [1.165, 1.54) is 0 Å². The molecule has 0 aliphatic carbocycles. The fraction of sp³-hybridized carbons (Fsp3) is 0.375. The van der Waals surface area contributed by atoms with Crippen LogP contribution in [0.25, 0.3) is 0 Å². The fourth-order valence-corrected chi connectivity index (χ4v) is 2.86. The number of rotatable bonds is 12. The Balaban J connectivity index is 1.77. The molecule has 1 N–H and O–H groups in total. The lowest BCUT2D eigenvalue weighted by Gasteiger charge is -2.21. The number of anilines is 1. The quantitative estimate of drug-likeness (QED) is 0.568. The first kappa shape index (κ1) is 23.9. The van der Waals surface area contributed by atoms with Crippen molar-refractivity contribution in [2.45, 2.75) is 25.8 Å². The summed E-state index contributed by atoms with van der Waals surface area (Å²) in [5, 5.41) is 11.7. The summed E-state index contributed by atoms with van der Waals surface area (Å²) in [4.78, 5) is 28.4. The van der Waals surface area contributed by atoms with Crippen LogP contribution in [-0.4, -0.2) is 50.5 Å². The molecule has 0 aliphatic rings. The number of ether oxygens (including phenoxy) is 1. The molecule has 0 aromatic heterocycles. The number of hydrogen-bond acceptors (Lipinski definition) is 5. The number of para-hydroxylation sites is 1. The van der Waals surface area contributed by atoms with Crippen molar-refractivity contribution in [2.24, 2.45) is 0 Å². The van der Waals surface area contributed by atoms with Crippen LogP contribution in [0, 0.1) is 11.3 Å². The van der Waals surface area contributed by atoms with Crippen molar-refractivity contribution >= 4 is 17.5 Å². The summed E-state index contributed by atoms with van der Waals surface area (Å²) in [7, 11) is 3.99. The van der Waals surface area contributed by atoms with Gasteiger partial charge in [-0.05, 0) is 43.9 Å². The molecule has 164 valence electrons. The molecular formula is C24H30N4O3. The maximum atomic E-state index is 12.6. The van der Waals surface area contributed by atoms with Gasteiger partial charge in [0.1, 0.15) is 12.4 Å². The van der Waals surface area contributed by atoms with E-state index in [9.17, 15) is 9.59 Å². The van der Waals surface area contributed by atoms with E-state index in [0.717, 1.165) is 23.5 Å². The van der Waals surface area contributed by atoms with E-state index in [-0.39, 0.29) is 31.1 Å². The molecular weight excluding hydrogens is 392 g/mol. The zero-order chi connectivity index (χ0) is 22.5. The number of likely N-dealkylation sites (N-methyl/N-ethyl adjacent to an activating group) is 1. The van der Waals surface area contributed by atoms with Crippen LogP contribution in [0.5, 0.6) is 5.75 Å². The average Bonchev–Trinajstić information content (AvgIpc) is 2.78. The number of carbonyl (C=O) groups excluding carboxylic acids is 2. The zero-order valence-electron chi connectivity index (χ0n) is 18.2. The molecule has 0 atom stereocenters. The zero-order valence-corrected chi connectivity index (χ0v) is 18.2. The summed E-state index contributed by atoms with van der Waals surface area (Å²) in [6.07, 6.45) is 0.424. The van der Waals surface area contributed by atoms with Crippen LogP contribution in [0.2, 0.25) is 0 Å². The Kier molecular flexibility index (Phi) is 10.1. The number of nitrogens with one attached hydrogen (secondary N) is 1. The number of benzene rings is 2. The largest absolute Gasteiger partial charge is 0.492 e. The topological polar surface area (TPSA) is 85.7 Å². The minimum absolute atomic E-state index is 0.0881. The van der Waals surface area contributed by atoms with Gasteiger partial charge in [-0.25, -0.2) is 0 Å². The van der Waals surface area contributed by atoms with E-state index in [0.29, 0.717) is 19.7 Å². The Morgan fingerprint density at radius 2 is 1.71 bits per heavy atom. The Bertz CT molecular complexity index is 861. The Morgan fingerprint density at radius 1 is 1.00 bits per heavy atom. The Labute approximate surface area is 184 Å². The Morgan fingerprint density at radius 3 is 2.35 bits per heavy atom. The number of hydrogen-bond donors (Lipinski definition) is 1. The third kappa shape index (κ3) is 8.89. The molecule has 0 heterocycles. The third-order valence-corrected chi connectivity index (χ3v) is 4.60. The first-order valence-electron chi connectivity index (χ1n) is 10.3. The normalized spacial score (nSPS) is 10.4. The van der Waals surface area contributed by atoms with Crippen LogP contribution in [-0.2, 0) is 16.1 Å². The summed E-state index contributed by atoms with van der Waals surface area (Å²) in [5.41, 5.74) is 1.69. The predicted molar refractivity (Wildman–Crippen MR) is 121 cm³/mol. The smallest absolute Gasteiger partial charge is 0.227 e. The number of nitrogens with zero attached hydrogens (tertiary/aromatic N) is 3. The van der Waals surface area contributed by atoms with Gasteiger partial charge in [0.2, 0.25) is 11.8 Å². The standard InChI is InChI=1S/C24H30N4O3/c1-27(2)17-18-31-22-11-9-20(10-12-22)19-26-23(29)13-14-24(30)28(16-6-15-25)21-7-4-3-5-8-21/h3-5,7-12H,6,13-14,16-19H2,1-2H3,(H,26,29). The molecule has 0 unspecified atom stereocenters. The lowest BCUT2D eigenvalue weighted by molar-refractivity contribution is -0.125. The minimum Gasteiger partial charge on any atom is -0.492 e. The molecule has 2 amide bonds. The van der Waals surface area contributed by atoms with Crippen molar-refractivity contribution in [3.05, 3.63) is 60.2 Å². The van der Waals surface area contributed by atoms with Crippen molar-refractivity contribution in [2.75, 3.05) is 38.7 Å². The molecule has 0 spiro atoms. The molecule has 2 aromatic carbocycles. The summed E-state index contributed by atoms with van der Waals surface area (Å²) in [5.74, 6) is 0.435. The van der Waals surface area contributed by atoms with E-state index in [4.69, 9.17) is 10.00 Å². The van der Waals surface area contributed by atoms with Gasteiger partial charge in [-0.15, -0.1) is 0 Å². The van der Waals surface area contributed by atoms with E-state index in [1.54, 1.807) is 4.90 Å². The third-order valence-electron chi connectivity index (χ3n) is 4.60. The van der Waals surface area contributed by atoms with Crippen LogP contribution in [0.4, 0.5) is 5.69 Å². The van der Waals surface area contributed by atoms with Crippen molar-refractivity contribution in [1.29, 1.82) is 5.26 Å². The van der Waals surface area contributed by atoms with E-state index >= 15 is 0 Å². The SMILES string of the molecule is CN(C)CCOc1ccc(CNC(=O)CCC(=O)N(CCC#N)c2ccccc2)cc1.